The van der Waals surface area contributed by atoms with Crippen molar-refractivity contribution in [2.75, 3.05) is 0 Å². The number of nitrogens with zero attached hydrogens (tertiary/aromatic N) is 4. The summed E-state index contributed by atoms with van der Waals surface area (Å²) in [6.07, 6.45) is 0. The molecular weight excluding hydrogens is 809 g/mol. The summed E-state index contributed by atoms with van der Waals surface area (Å²) in [5.41, 5.74) is 16.6. The molecule has 9 aromatic carbocycles. The van der Waals surface area contributed by atoms with Gasteiger partial charge >= 0.3 is 0 Å². The molecule has 0 aliphatic heterocycles. The van der Waals surface area contributed by atoms with Crippen LogP contribution >= 0.6 is 0 Å². The zero-order chi connectivity index (χ0) is 43.7. The number of para-hydroxylation sites is 2. The molecule has 6 heteroatoms. The van der Waals surface area contributed by atoms with Crippen molar-refractivity contribution >= 4 is 65.7 Å². The highest BCUT2D eigenvalue weighted by Crippen LogP contribution is 2.53. The fourth-order valence-electron chi connectivity index (χ4n) is 10.8. The number of hydrogen-bond donors (Lipinski definition) is 0. The molecule has 310 valence electrons. The predicted molar refractivity (Wildman–Crippen MR) is 268 cm³/mol. The van der Waals surface area contributed by atoms with Crippen molar-refractivity contribution in [2.24, 2.45) is 0 Å². The molecule has 0 atom stereocenters. The average Bonchev–Trinajstić information content (AvgIpc) is 4.10. The maximum absolute atomic E-state index is 6.58. The van der Waals surface area contributed by atoms with Crippen LogP contribution in [0.15, 0.2) is 203 Å². The minimum Gasteiger partial charge on any atom is -0.456 e. The molecule has 4 aromatic heterocycles. The zero-order valence-electron chi connectivity index (χ0n) is 36.1. The summed E-state index contributed by atoms with van der Waals surface area (Å²) in [5.74, 6) is 1.66. The number of furan rings is 2. The molecule has 4 heterocycles. The number of hydrogen-bond acceptors (Lipinski definition) is 5. The topological polar surface area (TPSA) is 69.9 Å². The summed E-state index contributed by atoms with van der Waals surface area (Å²) in [7, 11) is 0. The van der Waals surface area contributed by atoms with Crippen LogP contribution in [0.3, 0.4) is 0 Å². The molecule has 0 N–H and O–H groups in total. The molecule has 1 aliphatic rings. The van der Waals surface area contributed by atoms with E-state index in [2.05, 4.69) is 176 Å². The molecule has 13 aromatic rings. The highest BCUT2D eigenvalue weighted by molar-refractivity contribution is 6.15. The predicted octanol–water partition coefficient (Wildman–Crippen LogP) is 15.7. The third kappa shape index (κ3) is 5.33. The molecule has 0 unspecified atom stereocenters. The van der Waals surface area contributed by atoms with Crippen LogP contribution in [0.1, 0.15) is 25.0 Å². The van der Waals surface area contributed by atoms with Gasteiger partial charge in [-0.1, -0.05) is 147 Å². The Bertz CT molecular complexity index is 4150. The molecule has 0 saturated heterocycles. The Morgan fingerprint density at radius 1 is 0.379 bits per heavy atom. The van der Waals surface area contributed by atoms with Gasteiger partial charge < -0.3 is 13.4 Å². The van der Waals surface area contributed by atoms with Crippen LogP contribution < -0.4 is 0 Å². The largest absolute Gasteiger partial charge is 0.456 e. The van der Waals surface area contributed by atoms with Gasteiger partial charge in [0.1, 0.15) is 22.3 Å². The second kappa shape index (κ2) is 13.7. The molecule has 0 spiro atoms. The van der Waals surface area contributed by atoms with Crippen LogP contribution in [0.5, 0.6) is 0 Å². The van der Waals surface area contributed by atoms with E-state index in [1.54, 1.807) is 0 Å². The first-order chi connectivity index (χ1) is 32.5. The molecule has 0 fully saturated rings. The summed E-state index contributed by atoms with van der Waals surface area (Å²) in [6, 6.07) is 68.2. The Morgan fingerprint density at radius 3 is 1.79 bits per heavy atom. The standard InChI is InChI=1S/C60H38N4O2/c1-60(2)47-22-9-6-18-41(47)44-30-31-49-55(56(44)60)45-20-7-10-23-48(45)64(49)39-17-12-16-36(32-39)57-61-58(37-26-28-43-42-19-8-11-24-50(42)65-52(43)33-37)63-59(62-57)38-27-29-46-53(34-38)66-51-25-13-21-40(54(46)51)35-14-4-3-5-15-35/h3-34H,1-2H3. The summed E-state index contributed by atoms with van der Waals surface area (Å²) in [5, 5.41) is 6.77. The quantitative estimate of drug-likeness (QED) is 0.173. The molecule has 0 bridgehead atoms. The fraction of sp³-hybridized carbons (Fsp3) is 0.0500. The zero-order valence-corrected chi connectivity index (χ0v) is 36.1. The van der Waals surface area contributed by atoms with Crippen LogP contribution in [0.2, 0.25) is 0 Å². The van der Waals surface area contributed by atoms with E-state index in [1.807, 2.05) is 36.4 Å². The van der Waals surface area contributed by atoms with Gasteiger partial charge in [-0.15, -0.1) is 0 Å². The minimum atomic E-state index is -0.166. The highest BCUT2D eigenvalue weighted by atomic mass is 16.3. The Morgan fingerprint density at radius 2 is 0.970 bits per heavy atom. The maximum Gasteiger partial charge on any atom is 0.164 e. The van der Waals surface area contributed by atoms with E-state index >= 15 is 0 Å². The van der Waals surface area contributed by atoms with Gasteiger partial charge in [-0.2, -0.15) is 0 Å². The van der Waals surface area contributed by atoms with Gasteiger partial charge in [-0.05, 0) is 94.0 Å². The van der Waals surface area contributed by atoms with Gasteiger partial charge in [0, 0.05) is 60.1 Å². The van der Waals surface area contributed by atoms with Crippen LogP contribution in [0.25, 0.3) is 128 Å². The molecule has 0 radical (unpaired) electrons. The third-order valence-corrected chi connectivity index (χ3v) is 13.8. The SMILES string of the molecule is CC1(C)c2ccccc2-c2ccc3c(c21)c1ccccc1n3-c1cccc(-c2nc(-c3ccc4c(c3)oc3ccccc34)nc(-c3ccc4c(c3)oc3cccc(-c5ccccc5)c34)n2)c1. The Kier molecular flexibility index (Phi) is 7.64. The molecule has 14 rings (SSSR count). The van der Waals surface area contributed by atoms with Gasteiger partial charge in [-0.3, -0.25) is 0 Å². The van der Waals surface area contributed by atoms with Crippen molar-refractivity contribution in [1.82, 2.24) is 19.5 Å². The lowest BCUT2D eigenvalue weighted by Crippen LogP contribution is -2.15. The van der Waals surface area contributed by atoms with Gasteiger partial charge in [0.25, 0.3) is 0 Å². The number of rotatable bonds is 5. The van der Waals surface area contributed by atoms with Crippen LogP contribution in [0.4, 0.5) is 0 Å². The number of benzene rings is 9. The summed E-state index contributed by atoms with van der Waals surface area (Å²) >= 11 is 0. The van der Waals surface area contributed by atoms with Crippen molar-refractivity contribution in [2.45, 2.75) is 19.3 Å². The first-order valence-corrected chi connectivity index (χ1v) is 22.4. The maximum atomic E-state index is 6.58. The molecular formula is C60H38N4O2. The van der Waals surface area contributed by atoms with Crippen molar-refractivity contribution in [3.8, 4) is 62.1 Å². The molecule has 0 amide bonds. The average molecular weight is 847 g/mol. The lowest BCUT2D eigenvalue weighted by atomic mass is 9.80. The first-order valence-electron chi connectivity index (χ1n) is 22.4. The van der Waals surface area contributed by atoms with Crippen molar-refractivity contribution < 1.29 is 8.83 Å². The van der Waals surface area contributed by atoms with Crippen LogP contribution in [0, 0.1) is 0 Å². The van der Waals surface area contributed by atoms with Gasteiger partial charge in [0.15, 0.2) is 17.5 Å². The monoisotopic (exact) mass is 846 g/mol. The Labute approximate surface area is 379 Å². The van der Waals surface area contributed by atoms with E-state index in [1.165, 1.54) is 38.5 Å². The van der Waals surface area contributed by atoms with E-state index in [4.69, 9.17) is 23.8 Å². The van der Waals surface area contributed by atoms with E-state index in [9.17, 15) is 0 Å². The fourth-order valence-corrected chi connectivity index (χ4v) is 10.8. The van der Waals surface area contributed by atoms with E-state index in [0.717, 1.165) is 82.9 Å². The lowest BCUT2D eigenvalue weighted by molar-refractivity contribution is 0.666. The van der Waals surface area contributed by atoms with Gasteiger partial charge in [-0.25, -0.2) is 15.0 Å². The van der Waals surface area contributed by atoms with Crippen molar-refractivity contribution in [3.63, 3.8) is 0 Å². The smallest absolute Gasteiger partial charge is 0.164 e. The molecule has 66 heavy (non-hydrogen) atoms. The molecule has 0 saturated carbocycles. The second-order valence-electron chi connectivity index (χ2n) is 17.9. The molecule has 1 aliphatic carbocycles. The Balaban J connectivity index is 0.956. The van der Waals surface area contributed by atoms with E-state index in [0.29, 0.717) is 17.5 Å². The van der Waals surface area contributed by atoms with Gasteiger partial charge in [0.2, 0.25) is 0 Å². The third-order valence-electron chi connectivity index (χ3n) is 13.8. The van der Waals surface area contributed by atoms with Crippen molar-refractivity contribution in [3.05, 3.63) is 205 Å². The summed E-state index contributed by atoms with van der Waals surface area (Å²) in [4.78, 5) is 15.7. The van der Waals surface area contributed by atoms with Gasteiger partial charge in [0.05, 0.1) is 11.0 Å². The minimum absolute atomic E-state index is 0.166. The second-order valence-corrected chi connectivity index (χ2v) is 17.9. The lowest BCUT2D eigenvalue weighted by Gasteiger charge is -2.22. The van der Waals surface area contributed by atoms with Crippen molar-refractivity contribution in [1.29, 1.82) is 0 Å². The first kappa shape index (κ1) is 36.8. The highest BCUT2D eigenvalue weighted by Gasteiger charge is 2.38. The Hall–Kier alpha value is -8.61. The number of aromatic nitrogens is 4. The number of fused-ring (bicyclic) bond motifs is 13. The summed E-state index contributed by atoms with van der Waals surface area (Å²) < 4.78 is 15.3. The normalized spacial score (nSPS) is 13.1. The van der Waals surface area contributed by atoms with Crippen LogP contribution in [-0.4, -0.2) is 19.5 Å². The van der Waals surface area contributed by atoms with E-state index < -0.39 is 0 Å². The van der Waals surface area contributed by atoms with E-state index in [-0.39, 0.29) is 5.41 Å². The van der Waals surface area contributed by atoms with Crippen LogP contribution in [-0.2, 0) is 5.41 Å². The molecule has 6 nitrogen and oxygen atoms in total. The summed E-state index contributed by atoms with van der Waals surface area (Å²) in [6.45, 7) is 4.72.